The maximum atomic E-state index is 3.81. The highest BCUT2D eigenvalue weighted by Gasteiger charge is 2.19. The summed E-state index contributed by atoms with van der Waals surface area (Å²) in [7, 11) is 0. The Kier molecular flexibility index (Phi) is 5.91. The molecule has 1 saturated carbocycles. The van der Waals surface area contributed by atoms with Crippen LogP contribution in [0.5, 0.6) is 0 Å². The molecule has 0 unspecified atom stereocenters. The molecule has 0 aromatic heterocycles. The minimum atomic E-state index is 0.907. The molecule has 3 rings (SSSR count). The Balaban J connectivity index is 1.54. The summed E-state index contributed by atoms with van der Waals surface area (Å²) in [6.07, 6.45) is 11.3. The normalized spacial score (nSPS) is 20.7. The zero-order valence-electron chi connectivity index (χ0n) is 15.0. The van der Waals surface area contributed by atoms with Crippen LogP contribution in [0.4, 0.5) is 0 Å². The molecule has 126 valence electrons. The minimum Gasteiger partial charge on any atom is -0.0985 e. The number of hydrogen-bond donors (Lipinski definition) is 0. The van der Waals surface area contributed by atoms with E-state index in [0.29, 0.717) is 0 Å². The molecule has 0 amide bonds. The van der Waals surface area contributed by atoms with Crippen molar-refractivity contribution in [2.75, 3.05) is 0 Å². The smallest absolute Gasteiger partial charge is 0.00258 e. The standard InChI is InChI=1S/C24H30/c1-3-19-5-9-21(10-6-19)17-23-13-15-24(16-14-23)18-22-11-7-20(4-2)8-12-22/h3,5-6,9-10,13-16,20,22H,1,4,7-8,11-12,17-18H2,2H3. The van der Waals surface area contributed by atoms with E-state index in [9.17, 15) is 0 Å². The average Bonchev–Trinajstić information content (AvgIpc) is 2.65. The second-order valence-corrected chi connectivity index (χ2v) is 7.44. The first-order valence-electron chi connectivity index (χ1n) is 9.56. The maximum absolute atomic E-state index is 3.81. The Hall–Kier alpha value is -1.82. The molecule has 0 saturated heterocycles. The number of hydrogen-bond acceptors (Lipinski definition) is 0. The van der Waals surface area contributed by atoms with Crippen molar-refractivity contribution in [2.45, 2.75) is 51.9 Å². The molecule has 0 bridgehead atoms. The van der Waals surface area contributed by atoms with Gasteiger partial charge < -0.3 is 0 Å². The molecule has 2 aromatic carbocycles. The van der Waals surface area contributed by atoms with Crippen LogP contribution in [0, 0.1) is 11.8 Å². The van der Waals surface area contributed by atoms with E-state index in [1.54, 1.807) is 0 Å². The van der Waals surface area contributed by atoms with Gasteiger partial charge in [-0.25, -0.2) is 0 Å². The topological polar surface area (TPSA) is 0 Å². The van der Waals surface area contributed by atoms with E-state index < -0.39 is 0 Å². The van der Waals surface area contributed by atoms with E-state index in [1.807, 2.05) is 6.08 Å². The van der Waals surface area contributed by atoms with Crippen LogP contribution in [0.1, 0.15) is 61.3 Å². The van der Waals surface area contributed by atoms with E-state index in [2.05, 4.69) is 62.0 Å². The van der Waals surface area contributed by atoms with Crippen LogP contribution in [0.3, 0.4) is 0 Å². The van der Waals surface area contributed by atoms with Crippen molar-refractivity contribution in [1.29, 1.82) is 0 Å². The fourth-order valence-corrected chi connectivity index (χ4v) is 3.98. The summed E-state index contributed by atoms with van der Waals surface area (Å²) in [6.45, 7) is 6.15. The van der Waals surface area contributed by atoms with Gasteiger partial charge in [0.15, 0.2) is 0 Å². The quantitative estimate of drug-likeness (QED) is 0.557. The van der Waals surface area contributed by atoms with Gasteiger partial charge in [0.25, 0.3) is 0 Å². The molecular weight excluding hydrogens is 288 g/mol. The van der Waals surface area contributed by atoms with Crippen LogP contribution in [-0.4, -0.2) is 0 Å². The zero-order valence-corrected chi connectivity index (χ0v) is 15.0. The summed E-state index contributed by atoms with van der Waals surface area (Å²) in [4.78, 5) is 0. The maximum Gasteiger partial charge on any atom is -0.00258 e. The van der Waals surface area contributed by atoms with Crippen molar-refractivity contribution in [1.82, 2.24) is 0 Å². The monoisotopic (exact) mass is 318 g/mol. The Morgan fingerprint density at radius 3 is 1.83 bits per heavy atom. The van der Waals surface area contributed by atoms with Gasteiger partial charge >= 0.3 is 0 Å². The molecule has 0 heteroatoms. The Labute approximate surface area is 147 Å². The highest BCUT2D eigenvalue weighted by molar-refractivity contribution is 5.47. The van der Waals surface area contributed by atoms with Crippen molar-refractivity contribution in [2.24, 2.45) is 11.8 Å². The molecule has 0 heterocycles. The predicted octanol–water partition coefficient (Wildman–Crippen LogP) is 6.68. The molecule has 0 aliphatic heterocycles. The molecule has 24 heavy (non-hydrogen) atoms. The van der Waals surface area contributed by atoms with Gasteiger partial charge in [0.2, 0.25) is 0 Å². The fourth-order valence-electron chi connectivity index (χ4n) is 3.98. The summed E-state index contributed by atoms with van der Waals surface area (Å²) in [5.41, 5.74) is 5.47. The fraction of sp³-hybridized carbons (Fsp3) is 0.417. The summed E-state index contributed by atoms with van der Waals surface area (Å²) >= 11 is 0. The molecule has 1 aliphatic rings. The number of benzene rings is 2. The Morgan fingerprint density at radius 2 is 1.29 bits per heavy atom. The molecule has 0 radical (unpaired) electrons. The minimum absolute atomic E-state index is 0.907. The second kappa shape index (κ2) is 8.33. The van der Waals surface area contributed by atoms with Gasteiger partial charge in [-0.05, 0) is 59.8 Å². The molecular formula is C24H30. The first kappa shape index (κ1) is 17.0. The first-order chi connectivity index (χ1) is 11.8. The molecule has 2 aromatic rings. The van der Waals surface area contributed by atoms with Crippen molar-refractivity contribution in [3.8, 4) is 0 Å². The van der Waals surface area contributed by atoms with Gasteiger partial charge in [-0.3, -0.25) is 0 Å². The van der Waals surface area contributed by atoms with Gasteiger partial charge in [-0.1, -0.05) is 87.4 Å². The molecule has 0 nitrogen and oxygen atoms in total. The van der Waals surface area contributed by atoms with E-state index in [4.69, 9.17) is 0 Å². The molecule has 1 aliphatic carbocycles. The van der Waals surface area contributed by atoms with Gasteiger partial charge in [-0.15, -0.1) is 0 Å². The van der Waals surface area contributed by atoms with Crippen molar-refractivity contribution < 1.29 is 0 Å². The van der Waals surface area contributed by atoms with Crippen LogP contribution in [0.25, 0.3) is 6.08 Å². The molecule has 0 N–H and O–H groups in total. The van der Waals surface area contributed by atoms with Crippen LogP contribution < -0.4 is 0 Å². The van der Waals surface area contributed by atoms with E-state index in [1.165, 1.54) is 60.8 Å². The van der Waals surface area contributed by atoms with Crippen LogP contribution >= 0.6 is 0 Å². The predicted molar refractivity (Wildman–Crippen MR) is 105 cm³/mol. The second-order valence-electron chi connectivity index (χ2n) is 7.44. The largest absolute Gasteiger partial charge is 0.0985 e. The van der Waals surface area contributed by atoms with Crippen molar-refractivity contribution >= 4 is 6.08 Å². The van der Waals surface area contributed by atoms with Crippen molar-refractivity contribution in [3.05, 3.63) is 77.4 Å². The molecule has 0 spiro atoms. The zero-order chi connectivity index (χ0) is 16.8. The van der Waals surface area contributed by atoms with Gasteiger partial charge in [-0.2, -0.15) is 0 Å². The third kappa shape index (κ3) is 4.60. The molecule has 1 fully saturated rings. The van der Waals surface area contributed by atoms with E-state index >= 15 is 0 Å². The first-order valence-corrected chi connectivity index (χ1v) is 9.56. The Bertz CT molecular complexity index is 625. The van der Waals surface area contributed by atoms with E-state index in [-0.39, 0.29) is 0 Å². The van der Waals surface area contributed by atoms with Crippen molar-refractivity contribution in [3.63, 3.8) is 0 Å². The van der Waals surface area contributed by atoms with Crippen LogP contribution in [-0.2, 0) is 12.8 Å². The Morgan fingerprint density at radius 1 is 0.792 bits per heavy atom. The highest BCUT2D eigenvalue weighted by atomic mass is 14.3. The summed E-state index contributed by atoms with van der Waals surface area (Å²) < 4.78 is 0. The average molecular weight is 319 g/mol. The lowest BCUT2D eigenvalue weighted by atomic mass is 9.78. The number of rotatable bonds is 6. The lowest BCUT2D eigenvalue weighted by Gasteiger charge is -2.27. The third-order valence-electron chi connectivity index (χ3n) is 5.71. The van der Waals surface area contributed by atoms with Crippen LogP contribution in [0.2, 0.25) is 0 Å². The highest BCUT2D eigenvalue weighted by Crippen LogP contribution is 2.32. The van der Waals surface area contributed by atoms with E-state index in [0.717, 1.165) is 18.3 Å². The van der Waals surface area contributed by atoms with Crippen LogP contribution in [0.15, 0.2) is 55.1 Å². The SMILES string of the molecule is C=Cc1ccc(Cc2ccc(CC3CCC(CC)CC3)cc2)cc1. The van der Waals surface area contributed by atoms with Gasteiger partial charge in [0, 0.05) is 0 Å². The summed E-state index contributed by atoms with van der Waals surface area (Å²) in [5.74, 6) is 1.90. The third-order valence-corrected chi connectivity index (χ3v) is 5.71. The molecule has 0 atom stereocenters. The lowest BCUT2D eigenvalue weighted by Crippen LogP contribution is -2.15. The summed E-state index contributed by atoms with van der Waals surface area (Å²) in [6, 6.07) is 18.0. The van der Waals surface area contributed by atoms with Gasteiger partial charge in [0.1, 0.15) is 0 Å². The lowest BCUT2D eigenvalue weighted by molar-refractivity contribution is 0.268. The summed E-state index contributed by atoms with van der Waals surface area (Å²) in [5, 5.41) is 0. The van der Waals surface area contributed by atoms with Gasteiger partial charge in [0.05, 0.1) is 0 Å².